The lowest BCUT2D eigenvalue weighted by Gasteiger charge is -2.10. The highest BCUT2D eigenvalue weighted by Gasteiger charge is 2.13. The zero-order valence-corrected chi connectivity index (χ0v) is 16.8. The predicted molar refractivity (Wildman–Crippen MR) is 111 cm³/mol. The maximum atomic E-state index is 12.5. The third kappa shape index (κ3) is 6.51. The second kappa shape index (κ2) is 10.7. The van der Waals surface area contributed by atoms with Crippen LogP contribution in [0.3, 0.4) is 0 Å². The van der Waals surface area contributed by atoms with Gasteiger partial charge >= 0.3 is 5.97 Å². The molecule has 0 spiro atoms. The second-order valence-corrected chi connectivity index (χ2v) is 6.54. The van der Waals surface area contributed by atoms with E-state index in [0.717, 1.165) is 6.42 Å². The van der Waals surface area contributed by atoms with Crippen molar-refractivity contribution in [3.05, 3.63) is 65.2 Å². The molecule has 150 valence electrons. The highest BCUT2D eigenvalue weighted by atomic mass is 16.5. The zero-order valence-electron chi connectivity index (χ0n) is 16.8. The number of nitriles is 1. The average Bonchev–Trinajstić information content (AvgIpc) is 2.71. The molecule has 0 fully saturated rings. The Labute approximate surface area is 170 Å². The number of hydrogen-bond acceptors (Lipinski definition) is 5. The minimum atomic E-state index is -0.546. The molecule has 0 radical (unpaired) electrons. The zero-order chi connectivity index (χ0) is 21.2. The van der Waals surface area contributed by atoms with E-state index in [0.29, 0.717) is 29.2 Å². The van der Waals surface area contributed by atoms with Crippen LogP contribution in [0.2, 0.25) is 0 Å². The first kappa shape index (κ1) is 21.7. The summed E-state index contributed by atoms with van der Waals surface area (Å²) in [7, 11) is 0. The molecule has 29 heavy (non-hydrogen) atoms. The van der Waals surface area contributed by atoms with Gasteiger partial charge in [-0.2, -0.15) is 5.26 Å². The van der Waals surface area contributed by atoms with Crippen molar-refractivity contribution < 1.29 is 19.1 Å². The van der Waals surface area contributed by atoms with Gasteiger partial charge in [0.15, 0.2) is 0 Å². The molecule has 0 heterocycles. The van der Waals surface area contributed by atoms with Crippen LogP contribution in [0.15, 0.2) is 54.1 Å². The molecule has 1 N–H and O–H groups in total. The van der Waals surface area contributed by atoms with Crippen molar-refractivity contribution >= 4 is 23.6 Å². The van der Waals surface area contributed by atoms with E-state index in [-0.39, 0.29) is 11.7 Å². The SMILES string of the molecule is CCCOc1ccccc1/C=C(\C#N)C(=O)Nc1ccc(C(=O)OC(C)C)cc1. The Morgan fingerprint density at radius 2 is 1.83 bits per heavy atom. The number of esters is 1. The van der Waals surface area contributed by atoms with Crippen molar-refractivity contribution in [2.24, 2.45) is 0 Å². The van der Waals surface area contributed by atoms with Gasteiger partial charge in [0, 0.05) is 11.3 Å². The molecule has 0 saturated carbocycles. The molecule has 2 rings (SSSR count). The number of carbonyl (C=O) groups is 2. The molecule has 0 bridgehead atoms. The van der Waals surface area contributed by atoms with E-state index in [1.807, 2.05) is 25.1 Å². The maximum Gasteiger partial charge on any atom is 0.338 e. The first-order chi connectivity index (χ1) is 13.9. The highest BCUT2D eigenvalue weighted by molar-refractivity contribution is 6.10. The van der Waals surface area contributed by atoms with Crippen LogP contribution < -0.4 is 10.1 Å². The predicted octanol–water partition coefficient (Wildman–Crippen LogP) is 4.59. The Morgan fingerprint density at radius 3 is 2.45 bits per heavy atom. The lowest BCUT2D eigenvalue weighted by molar-refractivity contribution is -0.112. The van der Waals surface area contributed by atoms with Gasteiger partial charge in [-0.25, -0.2) is 4.79 Å². The van der Waals surface area contributed by atoms with Crippen LogP contribution in [0.1, 0.15) is 43.1 Å². The summed E-state index contributed by atoms with van der Waals surface area (Å²) in [5, 5.41) is 12.1. The van der Waals surface area contributed by atoms with Gasteiger partial charge in [0.2, 0.25) is 0 Å². The molecule has 1 amide bonds. The van der Waals surface area contributed by atoms with Crippen molar-refractivity contribution in [1.82, 2.24) is 0 Å². The van der Waals surface area contributed by atoms with E-state index in [2.05, 4.69) is 5.32 Å². The van der Waals surface area contributed by atoms with E-state index in [9.17, 15) is 14.9 Å². The minimum absolute atomic E-state index is 0.0548. The first-order valence-electron chi connectivity index (χ1n) is 9.40. The highest BCUT2D eigenvalue weighted by Crippen LogP contribution is 2.22. The van der Waals surface area contributed by atoms with E-state index in [4.69, 9.17) is 9.47 Å². The van der Waals surface area contributed by atoms with E-state index >= 15 is 0 Å². The number of nitrogens with one attached hydrogen (secondary N) is 1. The van der Waals surface area contributed by atoms with Crippen LogP contribution in [0.5, 0.6) is 5.75 Å². The number of nitrogens with zero attached hydrogens (tertiary/aromatic N) is 1. The van der Waals surface area contributed by atoms with Gasteiger partial charge in [0.05, 0.1) is 18.3 Å². The summed E-state index contributed by atoms with van der Waals surface area (Å²) >= 11 is 0. The molecule has 2 aromatic carbocycles. The summed E-state index contributed by atoms with van der Waals surface area (Å²) in [6.07, 6.45) is 2.13. The quantitative estimate of drug-likeness (QED) is 0.403. The summed E-state index contributed by atoms with van der Waals surface area (Å²) in [5.41, 5.74) is 1.45. The van der Waals surface area contributed by atoms with Crippen LogP contribution in [0, 0.1) is 11.3 Å². The van der Waals surface area contributed by atoms with E-state index in [1.165, 1.54) is 6.08 Å². The Morgan fingerprint density at radius 1 is 1.14 bits per heavy atom. The Bertz CT molecular complexity index is 925. The standard InChI is InChI=1S/C23H24N2O4/c1-4-13-28-21-8-6-5-7-18(21)14-19(15-24)22(26)25-20-11-9-17(10-12-20)23(27)29-16(2)3/h5-12,14,16H,4,13H2,1-3H3,(H,25,26)/b19-14+. The number of benzene rings is 2. The third-order valence-electron chi connectivity index (χ3n) is 3.77. The number of para-hydroxylation sites is 1. The topological polar surface area (TPSA) is 88.4 Å². The van der Waals surface area contributed by atoms with Gasteiger partial charge in [-0.05, 0) is 56.7 Å². The van der Waals surface area contributed by atoms with Gasteiger partial charge < -0.3 is 14.8 Å². The Kier molecular flexibility index (Phi) is 7.99. The fraction of sp³-hybridized carbons (Fsp3) is 0.261. The summed E-state index contributed by atoms with van der Waals surface area (Å²) < 4.78 is 10.8. The fourth-order valence-corrected chi connectivity index (χ4v) is 2.42. The molecule has 0 aliphatic carbocycles. The van der Waals surface area contributed by atoms with Gasteiger partial charge in [-0.1, -0.05) is 25.1 Å². The van der Waals surface area contributed by atoms with Crippen molar-refractivity contribution in [1.29, 1.82) is 5.26 Å². The van der Waals surface area contributed by atoms with Gasteiger partial charge in [0.1, 0.15) is 17.4 Å². The molecule has 6 heteroatoms. The number of anilines is 1. The molecule has 6 nitrogen and oxygen atoms in total. The molecule has 0 aliphatic heterocycles. The van der Waals surface area contributed by atoms with Crippen molar-refractivity contribution in [2.45, 2.75) is 33.3 Å². The van der Waals surface area contributed by atoms with Crippen LogP contribution in [0.4, 0.5) is 5.69 Å². The van der Waals surface area contributed by atoms with E-state index in [1.54, 1.807) is 50.2 Å². The van der Waals surface area contributed by atoms with Crippen LogP contribution >= 0.6 is 0 Å². The normalized spacial score (nSPS) is 10.9. The van der Waals surface area contributed by atoms with Gasteiger partial charge in [-0.3, -0.25) is 4.79 Å². The average molecular weight is 392 g/mol. The summed E-state index contributed by atoms with van der Waals surface area (Å²) in [4.78, 5) is 24.4. The monoisotopic (exact) mass is 392 g/mol. The molecule has 0 atom stereocenters. The van der Waals surface area contributed by atoms with Gasteiger partial charge in [0.25, 0.3) is 5.91 Å². The number of amides is 1. The molecule has 0 saturated heterocycles. The lowest BCUT2D eigenvalue weighted by Crippen LogP contribution is -2.14. The van der Waals surface area contributed by atoms with E-state index < -0.39 is 11.9 Å². The van der Waals surface area contributed by atoms with Crippen molar-refractivity contribution in [3.8, 4) is 11.8 Å². The van der Waals surface area contributed by atoms with Gasteiger partial charge in [-0.15, -0.1) is 0 Å². The minimum Gasteiger partial charge on any atom is -0.493 e. The number of rotatable bonds is 8. The van der Waals surface area contributed by atoms with Crippen molar-refractivity contribution in [2.75, 3.05) is 11.9 Å². The molecule has 2 aromatic rings. The van der Waals surface area contributed by atoms with Crippen LogP contribution in [0.25, 0.3) is 6.08 Å². The molecule has 0 aromatic heterocycles. The number of ether oxygens (including phenoxy) is 2. The maximum absolute atomic E-state index is 12.5. The third-order valence-corrected chi connectivity index (χ3v) is 3.77. The smallest absolute Gasteiger partial charge is 0.338 e. The molecular formula is C23H24N2O4. The Hall–Kier alpha value is -3.59. The number of carbonyl (C=O) groups excluding carboxylic acids is 2. The number of hydrogen-bond donors (Lipinski definition) is 1. The molecular weight excluding hydrogens is 368 g/mol. The summed E-state index contributed by atoms with van der Waals surface area (Å²) in [5.74, 6) is -0.364. The summed E-state index contributed by atoms with van der Waals surface area (Å²) in [6.45, 7) is 6.09. The summed E-state index contributed by atoms with van der Waals surface area (Å²) in [6, 6.07) is 15.4. The molecule has 0 aliphatic rings. The van der Waals surface area contributed by atoms with Crippen LogP contribution in [-0.2, 0) is 9.53 Å². The molecule has 0 unspecified atom stereocenters. The lowest BCUT2D eigenvalue weighted by atomic mass is 10.1. The van der Waals surface area contributed by atoms with Crippen LogP contribution in [-0.4, -0.2) is 24.6 Å². The second-order valence-electron chi connectivity index (χ2n) is 6.54. The first-order valence-corrected chi connectivity index (χ1v) is 9.40. The van der Waals surface area contributed by atoms with Crippen molar-refractivity contribution in [3.63, 3.8) is 0 Å². The largest absolute Gasteiger partial charge is 0.493 e. The fourth-order valence-electron chi connectivity index (χ4n) is 2.42. The Balaban J connectivity index is 2.14.